The number of benzene rings is 1. The van der Waals surface area contributed by atoms with Gasteiger partial charge in [0.15, 0.2) is 0 Å². The molecule has 9 heteroatoms. The van der Waals surface area contributed by atoms with Crippen molar-refractivity contribution >= 4 is 32.4 Å². The van der Waals surface area contributed by atoms with Crippen LogP contribution in [-0.4, -0.2) is 41.4 Å². The van der Waals surface area contributed by atoms with E-state index in [0.717, 1.165) is 37.1 Å². The molecule has 1 aliphatic rings. The van der Waals surface area contributed by atoms with E-state index in [9.17, 15) is 13.2 Å². The number of anilines is 1. The van der Waals surface area contributed by atoms with Crippen LogP contribution in [0.2, 0.25) is 0 Å². The Morgan fingerprint density at radius 1 is 1.27 bits per heavy atom. The minimum atomic E-state index is -3.64. The largest absolute Gasteiger partial charge is 0.296 e. The first-order valence-corrected chi connectivity index (χ1v) is 12.8. The van der Waals surface area contributed by atoms with Gasteiger partial charge in [0.25, 0.3) is 5.91 Å². The zero-order chi connectivity index (χ0) is 21.9. The summed E-state index contributed by atoms with van der Waals surface area (Å²) in [5, 5.41) is 12.4. The highest BCUT2D eigenvalue weighted by Gasteiger charge is 2.31. The molecule has 1 saturated heterocycles. The molecule has 30 heavy (non-hydrogen) atoms. The molecule has 1 fully saturated rings. The Balaban J connectivity index is 1.84. The van der Waals surface area contributed by atoms with Gasteiger partial charge in [-0.2, -0.15) is 4.31 Å². The van der Waals surface area contributed by atoms with Crippen LogP contribution in [0.5, 0.6) is 0 Å². The van der Waals surface area contributed by atoms with Gasteiger partial charge in [-0.25, -0.2) is 8.42 Å². The Morgan fingerprint density at radius 2 is 2.00 bits per heavy atom. The number of carbonyl (C=O) groups is 1. The molecule has 0 aliphatic carbocycles. The molecule has 0 radical (unpaired) electrons. The monoisotopic (exact) mass is 450 g/mol. The Kier molecular flexibility index (Phi) is 7.26. The van der Waals surface area contributed by atoms with E-state index in [-0.39, 0.29) is 16.8 Å². The number of amides is 1. The van der Waals surface area contributed by atoms with Gasteiger partial charge in [-0.1, -0.05) is 37.7 Å². The fourth-order valence-electron chi connectivity index (χ4n) is 3.82. The first-order chi connectivity index (χ1) is 14.3. The summed E-state index contributed by atoms with van der Waals surface area (Å²) >= 11 is 1.37. The van der Waals surface area contributed by atoms with E-state index in [1.54, 1.807) is 23.4 Å². The highest BCUT2D eigenvalue weighted by molar-refractivity contribution is 7.89. The minimum absolute atomic E-state index is 0.0350. The number of rotatable bonds is 7. The molecule has 1 N–H and O–H groups in total. The quantitative estimate of drug-likeness (QED) is 0.667. The lowest BCUT2D eigenvalue weighted by molar-refractivity contribution is 0.102. The summed E-state index contributed by atoms with van der Waals surface area (Å²) in [6.07, 6.45) is 4.68. The van der Waals surface area contributed by atoms with Gasteiger partial charge >= 0.3 is 0 Å². The maximum atomic E-state index is 13.2. The van der Waals surface area contributed by atoms with Crippen LogP contribution in [0.4, 0.5) is 5.13 Å². The van der Waals surface area contributed by atoms with E-state index in [1.807, 2.05) is 6.92 Å². The summed E-state index contributed by atoms with van der Waals surface area (Å²) in [6, 6.07) is 4.71. The van der Waals surface area contributed by atoms with Crippen LogP contribution in [0, 0.1) is 6.92 Å². The van der Waals surface area contributed by atoms with Crippen LogP contribution in [0.1, 0.15) is 79.7 Å². The molecule has 1 aromatic carbocycles. The number of aryl methyl sites for hydroxylation is 1. The molecule has 1 unspecified atom stereocenters. The van der Waals surface area contributed by atoms with Crippen molar-refractivity contribution < 1.29 is 13.2 Å². The predicted molar refractivity (Wildman–Crippen MR) is 120 cm³/mol. The van der Waals surface area contributed by atoms with Crippen molar-refractivity contribution in [3.8, 4) is 0 Å². The molecule has 1 amide bonds. The van der Waals surface area contributed by atoms with Crippen molar-refractivity contribution in [3.05, 3.63) is 34.3 Å². The van der Waals surface area contributed by atoms with Gasteiger partial charge in [0, 0.05) is 24.1 Å². The average molecular weight is 451 g/mol. The molecule has 164 valence electrons. The van der Waals surface area contributed by atoms with E-state index < -0.39 is 10.0 Å². The number of sulfonamides is 1. The molecule has 1 aromatic heterocycles. The Labute approximate surface area is 183 Å². The van der Waals surface area contributed by atoms with E-state index in [2.05, 4.69) is 29.4 Å². The van der Waals surface area contributed by atoms with Gasteiger partial charge in [-0.3, -0.25) is 10.1 Å². The number of carbonyl (C=O) groups excluding carboxylic acids is 1. The lowest BCUT2D eigenvalue weighted by Crippen LogP contribution is -2.42. The molecule has 1 aliphatic heterocycles. The number of piperidine rings is 1. The zero-order valence-corrected chi connectivity index (χ0v) is 19.6. The minimum Gasteiger partial charge on any atom is -0.296 e. The van der Waals surface area contributed by atoms with E-state index >= 15 is 0 Å². The number of nitrogens with one attached hydrogen (secondary N) is 1. The summed E-state index contributed by atoms with van der Waals surface area (Å²) < 4.78 is 27.9. The van der Waals surface area contributed by atoms with Crippen molar-refractivity contribution in [2.75, 3.05) is 11.9 Å². The number of aromatic nitrogens is 2. The van der Waals surface area contributed by atoms with Gasteiger partial charge in [0.05, 0.1) is 4.90 Å². The van der Waals surface area contributed by atoms with Crippen molar-refractivity contribution in [2.24, 2.45) is 0 Å². The van der Waals surface area contributed by atoms with Gasteiger partial charge in [0.1, 0.15) is 5.01 Å². The Hall–Kier alpha value is -1.84. The third-order valence-corrected chi connectivity index (χ3v) is 8.81. The summed E-state index contributed by atoms with van der Waals surface area (Å²) in [6.45, 7) is 8.46. The van der Waals surface area contributed by atoms with Gasteiger partial charge in [-0.05, 0) is 57.2 Å². The van der Waals surface area contributed by atoms with E-state index in [4.69, 9.17) is 0 Å². The normalized spacial score (nSPS) is 18.0. The second-order valence-electron chi connectivity index (χ2n) is 7.85. The van der Waals surface area contributed by atoms with E-state index in [1.165, 1.54) is 17.4 Å². The second-order valence-corrected chi connectivity index (χ2v) is 10.7. The number of hydrogen-bond donors (Lipinski definition) is 1. The standard InChI is InChI=1S/C21H30N4O3S2/c1-5-16(6-2)20-23-24-21(29-20)22-19(26)18-13-17(11-10-14(18)3)30(27,28)25-12-8-7-9-15(25)4/h10-11,13,15-16H,5-9,12H2,1-4H3,(H,22,24,26). The van der Waals surface area contributed by atoms with Gasteiger partial charge < -0.3 is 0 Å². The molecule has 3 rings (SSSR count). The summed E-state index contributed by atoms with van der Waals surface area (Å²) in [7, 11) is -3.64. The lowest BCUT2D eigenvalue weighted by atomic mass is 10.1. The highest BCUT2D eigenvalue weighted by atomic mass is 32.2. The molecular weight excluding hydrogens is 420 g/mol. The smallest absolute Gasteiger partial charge is 0.257 e. The van der Waals surface area contributed by atoms with Gasteiger partial charge in [-0.15, -0.1) is 10.2 Å². The first kappa shape index (κ1) is 22.8. The Morgan fingerprint density at radius 3 is 2.67 bits per heavy atom. The third kappa shape index (κ3) is 4.73. The van der Waals surface area contributed by atoms with Crippen molar-refractivity contribution in [1.29, 1.82) is 0 Å². The van der Waals surface area contributed by atoms with Crippen LogP contribution in [-0.2, 0) is 10.0 Å². The predicted octanol–water partition coefficient (Wildman–Crippen LogP) is 4.57. The fraction of sp³-hybridized carbons (Fsp3) is 0.571. The van der Waals surface area contributed by atoms with E-state index in [0.29, 0.717) is 28.7 Å². The molecule has 2 heterocycles. The van der Waals surface area contributed by atoms with Crippen LogP contribution >= 0.6 is 11.3 Å². The number of hydrogen-bond acceptors (Lipinski definition) is 6. The SMILES string of the molecule is CCC(CC)c1nnc(NC(=O)c2cc(S(=O)(=O)N3CCCCC3C)ccc2C)s1. The highest BCUT2D eigenvalue weighted by Crippen LogP contribution is 2.29. The second kappa shape index (κ2) is 9.53. The summed E-state index contributed by atoms with van der Waals surface area (Å²) in [5.74, 6) is -0.0432. The van der Waals surface area contributed by atoms with Crippen molar-refractivity contribution in [2.45, 2.75) is 76.7 Å². The van der Waals surface area contributed by atoms with Gasteiger partial charge in [0.2, 0.25) is 15.2 Å². The zero-order valence-electron chi connectivity index (χ0n) is 18.0. The van der Waals surface area contributed by atoms with Crippen LogP contribution < -0.4 is 5.32 Å². The maximum absolute atomic E-state index is 13.2. The molecule has 0 bridgehead atoms. The fourth-order valence-corrected chi connectivity index (χ4v) is 6.55. The molecule has 7 nitrogen and oxygen atoms in total. The first-order valence-electron chi connectivity index (χ1n) is 10.5. The Bertz CT molecular complexity index is 999. The molecule has 2 aromatic rings. The number of nitrogens with zero attached hydrogens (tertiary/aromatic N) is 3. The third-order valence-electron chi connectivity index (χ3n) is 5.80. The molecule has 1 atom stereocenters. The summed E-state index contributed by atoms with van der Waals surface area (Å²) in [5.41, 5.74) is 1.04. The maximum Gasteiger partial charge on any atom is 0.257 e. The molecule has 0 saturated carbocycles. The van der Waals surface area contributed by atoms with Crippen LogP contribution in [0.25, 0.3) is 0 Å². The average Bonchev–Trinajstić information content (AvgIpc) is 3.17. The van der Waals surface area contributed by atoms with Crippen LogP contribution in [0.15, 0.2) is 23.1 Å². The lowest BCUT2D eigenvalue weighted by Gasteiger charge is -2.32. The summed E-state index contributed by atoms with van der Waals surface area (Å²) in [4.78, 5) is 13.0. The molecular formula is C21H30N4O3S2. The van der Waals surface area contributed by atoms with Crippen molar-refractivity contribution in [3.63, 3.8) is 0 Å². The molecule has 0 spiro atoms. The van der Waals surface area contributed by atoms with Crippen LogP contribution in [0.3, 0.4) is 0 Å². The topological polar surface area (TPSA) is 92.3 Å². The van der Waals surface area contributed by atoms with Crippen molar-refractivity contribution in [1.82, 2.24) is 14.5 Å².